The summed E-state index contributed by atoms with van der Waals surface area (Å²) in [5, 5.41) is 1.21. The van der Waals surface area contributed by atoms with Crippen LogP contribution >= 0.6 is 0 Å². The van der Waals surface area contributed by atoms with Crippen molar-refractivity contribution in [2.45, 2.75) is 19.3 Å². The van der Waals surface area contributed by atoms with Gasteiger partial charge in [0.05, 0.1) is 0 Å². The van der Waals surface area contributed by atoms with E-state index < -0.39 is 24.4 Å². The van der Waals surface area contributed by atoms with Crippen LogP contribution in [0.4, 0.5) is 26.3 Å². The third-order valence-corrected chi connectivity index (χ3v) is 4.20. The molecule has 168 valence electrons. The lowest BCUT2D eigenvalue weighted by molar-refractivity contribution is -0.572. The zero-order valence-corrected chi connectivity index (χ0v) is 16.1. The summed E-state index contributed by atoms with van der Waals surface area (Å²) >= 11 is 0. The molecular weight excluding hydrogens is 442 g/mol. The van der Waals surface area contributed by atoms with Crippen LogP contribution in [-0.4, -0.2) is 18.6 Å². The lowest BCUT2D eigenvalue weighted by Gasteiger charge is -2.12. The molecule has 0 aliphatic rings. The highest BCUT2D eigenvalue weighted by Crippen LogP contribution is 2.27. The number of carbonyl (C=O) groups is 1. The van der Waals surface area contributed by atoms with E-state index in [9.17, 15) is 31.1 Å². The minimum absolute atomic E-state index is 0.0984. The van der Waals surface area contributed by atoms with E-state index >= 15 is 0 Å². The zero-order valence-electron chi connectivity index (χ0n) is 16.1. The molecule has 0 atom stereocenters. The highest BCUT2D eigenvalue weighted by molar-refractivity contribution is 5.87. The van der Waals surface area contributed by atoms with Gasteiger partial charge in [0, 0.05) is 11.1 Å². The lowest BCUT2D eigenvalue weighted by Crippen LogP contribution is -2.86. The highest BCUT2D eigenvalue weighted by atomic mass is 19.4. The van der Waals surface area contributed by atoms with Crippen LogP contribution in [0.5, 0.6) is 11.5 Å². The Labute approximate surface area is 177 Å². The summed E-state index contributed by atoms with van der Waals surface area (Å²) in [7, 11) is 0. The van der Waals surface area contributed by atoms with Crippen molar-refractivity contribution in [1.82, 2.24) is 0 Å². The number of benzene rings is 2. The molecule has 2 aromatic carbocycles. The Bertz CT molecular complexity index is 1080. The van der Waals surface area contributed by atoms with Crippen molar-refractivity contribution < 1.29 is 50.9 Å². The molecule has 0 radical (unpaired) electrons. The third-order valence-electron chi connectivity index (χ3n) is 4.20. The van der Waals surface area contributed by atoms with E-state index in [1.165, 1.54) is 47.9 Å². The number of para-hydroxylation sites is 1. The maximum absolute atomic E-state index is 12.5. The van der Waals surface area contributed by atoms with Gasteiger partial charge in [-0.3, -0.25) is 5.32 Å². The van der Waals surface area contributed by atoms with Crippen LogP contribution in [0.25, 0.3) is 11.1 Å². The maximum Gasteiger partial charge on any atom is 0.573 e. The maximum atomic E-state index is 12.5. The smallest absolute Gasteiger partial charge is 0.406 e. The molecule has 0 spiro atoms. The van der Waals surface area contributed by atoms with Crippen LogP contribution in [0.1, 0.15) is 15.9 Å². The Hall–Kier alpha value is -3.60. The van der Waals surface area contributed by atoms with Gasteiger partial charge in [0.25, 0.3) is 0 Å². The van der Waals surface area contributed by atoms with Crippen LogP contribution in [-0.2, 0) is 6.54 Å². The fraction of sp³-hybridized carbons (Fsp3) is 0.143. The minimum Gasteiger partial charge on any atom is -0.406 e. The predicted molar refractivity (Wildman–Crippen MR) is 98.2 cm³/mol. The van der Waals surface area contributed by atoms with E-state index in [1.807, 2.05) is 0 Å². The van der Waals surface area contributed by atoms with Crippen molar-refractivity contribution in [2.24, 2.45) is 0 Å². The average Bonchev–Trinajstić information content (AvgIpc) is 2.71. The van der Waals surface area contributed by atoms with E-state index in [-0.39, 0.29) is 23.4 Å². The number of ether oxygens (including phenoxy) is 2. The molecule has 1 aromatic heterocycles. The van der Waals surface area contributed by atoms with Crippen molar-refractivity contribution >= 4 is 5.91 Å². The van der Waals surface area contributed by atoms with Gasteiger partial charge in [0.1, 0.15) is 23.6 Å². The third kappa shape index (κ3) is 6.71. The van der Waals surface area contributed by atoms with Gasteiger partial charge in [-0.1, -0.05) is 24.3 Å². The molecule has 11 heteroatoms. The Morgan fingerprint density at radius 3 is 2.16 bits per heavy atom. The van der Waals surface area contributed by atoms with Gasteiger partial charge in [0.15, 0.2) is 12.4 Å². The second-order valence-corrected chi connectivity index (χ2v) is 6.51. The first kappa shape index (κ1) is 23.1. The first-order valence-electron chi connectivity index (χ1n) is 9.09. The van der Waals surface area contributed by atoms with Crippen LogP contribution in [0.3, 0.4) is 0 Å². The number of hydrogen-bond acceptors (Lipinski definition) is 3. The monoisotopic (exact) mass is 458 g/mol. The van der Waals surface area contributed by atoms with Crippen LogP contribution in [0, 0.1) is 0 Å². The SMILES string of the molecule is O=C([NH2+]Cc1ccccc1OC(F)(F)F)c1c[nH+]cc(-c2ccc(OC(F)(F)F)cc2)c1. The fourth-order valence-corrected chi connectivity index (χ4v) is 2.85. The van der Waals surface area contributed by atoms with Crippen molar-refractivity contribution in [2.75, 3.05) is 0 Å². The Kier molecular flexibility index (Phi) is 6.68. The number of quaternary nitrogens is 1. The first-order chi connectivity index (χ1) is 15.0. The predicted octanol–water partition coefficient (Wildman–Crippen LogP) is 3.87. The van der Waals surface area contributed by atoms with Crippen LogP contribution < -0.4 is 19.8 Å². The van der Waals surface area contributed by atoms with Gasteiger partial charge >= 0.3 is 18.6 Å². The Morgan fingerprint density at radius 2 is 1.50 bits per heavy atom. The molecule has 1 amide bonds. The normalized spacial score (nSPS) is 11.8. The number of halogens is 6. The van der Waals surface area contributed by atoms with Gasteiger partial charge in [-0.05, 0) is 35.9 Å². The van der Waals surface area contributed by atoms with Gasteiger partial charge in [0.2, 0.25) is 0 Å². The van der Waals surface area contributed by atoms with E-state index in [1.54, 1.807) is 6.20 Å². The topological polar surface area (TPSA) is 66.3 Å². The van der Waals surface area contributed by atoms with E-state index in [0.717, 1.165) is 18.2 Å². The molecule has 3 aromatic rings. The van der Waals surface area contributed by atoms with Gasteiger partial charge < -0.3 is 9.47 Å². The van der Waals surface area contributed by atoms with Crippen LogP contribution in [0.2, 0.25) is 0 Å². The molecule has 1 heterocycles. The number of H-pyrrole nitrogens is 1. The number of carbonyl (C=O) groups excluding carboxylic acids is 1. The molecule has 0 bridgehead atoms. The summed E-state index contributed by atoms with van der Waals surface area (Å²) in [5.41, 5.74) is 1.43. The van der Waals surface area contributed by atoms with Crippen molar-refractivity contribution in [3.63, 3.8) is 0 Å². The zero-order chi connectivity index (χ0) is 23.4. The average molecular weight is 458 g/mol. The summed E-state index contributed by atoms with van der Waals surface area (Å²) in [6, 6.07) is 12.1. The molecule has 0 unspecified atom stereocenters. The van der Waals surface area contributed by atoms with Crippen molar-refractivity contribution in [3.05, 3.63) is 78.1 Å². The van der Waals surface area contributed by atoms with E-state index in [4.69, 9.17) is 0 Å². The summed E-state index contributed by atoms with van der Waals surface area (Å²) in [6.07, 6.45) is -6.71. The molecule has 32 heavy (non-hydrogen) atoms. The molecule has 3 rings (SSSR count). The first-order valence-corrected chi connectivity index (χ1v) is 9.09. The Balaban J connectivity index is 1.70. The van der Waals surface area contributed by atoms with Gasteiger partial charge in [-0.2, -0.15) is 0 Å². The lowest BCUT2D eigenvalue weighted by atomic mass is 10.1. The molecule has 0 aliphatic carbocycles. The second-order valence-electron chi connectivity index (χ2n) is 6.51. The van der Waals surface area contributed by atoms with Crippen LogP contribution in [0.15, 0.2) is 67.0 Å². The number of nitrogens with two attached hydrogens (primary N) is 1. The second kappa shape index (κ2) is 9.27. The summed E-state index contributed by atoms with van der Waals surface area (Å²) in [5.74, 6) is -1.24. The molecule has 0 saturated heterocycles. The summed E-state index contributed by atoms with van der Waals surface area (Å²) in [4.78, 5) is 15.3. The fourth-order valence-electron chi connectivity index (χ4n) is 2.85. The summed E-state index contributed by atoms with van der Waals surface area (Å²) in [6.45, 7) is -0.0984. The number of amides is 1. The highest BCUT2D eigenvalue weighted by Gasteiger charge is 2.32. The molecular formula is C21H16F6N2O3+2. The quantitative estimate of drug-likeness (QED) is 0.571. The molecule has 0 aliphatic heterocycles. The molecule has 0 fully saturated rings. The molecule has 0 saturated carbocycles. The number of hydrogen-bond donors (Lipinski definition) is 1. The molecule has 5 nitrogen and oxygen atoms in total. The van der Waals surface area contributed by atoms with Gasteiger partial charge in [-0.25, -0.2) is 9.78 Å². The van der Waals surface area contributed by atoms with Crippen molar-refractivity contribution in [3.8, 4) is 22.6 Å². The number of alkyl halides is 6. The molecule has 3 N–H and O–H groups in total. The Morgan fingerprint density at radius 1 is 0.844 bits per heavy atom. The van der Waals surface area contributed by atoms with Crippen molar-refractivity contribution in [1.29, 1.82) is 0 Å². The number of pyridine rings is 1. The van der Waals surface area contributed by atoms with E-state index in [0.29, 0.717) is 11.1 Å². The van der Waals surface area contributed by atoms with E-state index in [2.05, 4.69) is 14.5 Å². The summed E-state index contributed by atoms with van der Waals surface area (Å²) < 4.78 is 82.2. The number of aromatic amines is 1. The number of nitrogens with one attached hydrogen (secondary N) is 1. The van der Waals surface area contributed by atoms with Gasteiger partial charge in [-0.15, -0.1) is 26.3 Å². The standard InChI is InChI=1S/C21H14F6N2O3/c22-20(23,24)31-17-7-5-13(6-8-17)15-9-16(11-28-10-15)19(30)29-12-14-3-1-2-4-18(14)32-21(25,26)27/h1-11H,12H2,(H,29,30)/p+2. The number of rotatable bonds is 6. The number of primary amides is 1. The minimum atomic E-state index is -4.86. The number of aromatic nitrogens is 1. The largest absolute Gasteiger partial charge is 0.573 e.